The summed E-state index contributed by atoms with van der Waals surface area (Å²) in [7, 11) is 0. The number of amides is 2. The molecule has 1 heterocycles. The van der Waals surface area contributed by atoms with Crippen LogP contribution in [-0.4, -0.2) is 34.1 Å². The average Bonchev–Trinajstić information content (AvgIpc) is 2.41. The number of imide groups is 1. The fourth-order valence-electron chi connectivity index (χ4n) is 1.24. The minimum atomic E-state index is -0.554. The van der Waals surface area contributed by atoms with E-state index in [-0.39, 0.29) is 23.6 Å². The lowest BCUT2D eigenvalue weighted by molar-refractivity contribution is -0.139. The lowest BCUT2D eigenvalue weighted by atomic mass is 10.1. The second-order valence-corrected chi connectivity index (χ2v) is 2.95. The summed E-state index contributed by atoms with van der Waals surface area (Å²) in [5.41, 5.74) is 0.235. The van der Waals surface area contributed by atoms with Gasteiger partial charge < -0.3 is 10.9 Å². The Balaban J connectivity index is 3.05. The Labute approximate surface area is 80.7 Å². The summed E-state index contributed by atoms with van der Waals surface area (Å²) in [4.78, 5) is 23.4. The molecule has 0 saturated heterocycles. The van der Waals surface area contributed by atoms with Crippen molar-refractivity contribution in [1.82, 2.24) is 4.90 Å². The summed E-state index contributed by atoms with van der Waals surface area (Å²) >= 11 is 0. The standard InChI is InChI=1S/C8H11N3O3/c1-4(10-9)7-6(13)3-11(5(2)12)8(7)14/h13H,3,9H2,1-2H3. The third kappa shape index (κ3) is 1.46. The maximum Gasteiger partial charge on any atom is 0.266 e. The molecular weight excluding hydrogens is 186 g/mol. The van der Waals surface area contributed by atoms with E-state index in [1.54, 1.807) is 0 Å². The lowest BCUT2D eigenvalue weighted by Crippen LogP contribution is -2.32. The molecule has 1 rings (SSSR count). The SMILES string of the molecule is CC(=O)N1CC(O)=C(C(C)=NN)C1=O. The highest BCUT2D eigenvalue weighted by molar-refractivity contribution is 6.25. The summed E-state index contributed by atoms with van der Waals surface area (Å²) in [6.07, 6.45) is 0. The molecule has 0 spiro atoms. The second-order valence-electron chi connectivity index (χ2n) is 2.95. The number of hydrogen-bond acceptors (Lipinski definition) is 5. The number of aliphatic hydroxyl groups is 1. The van der Waals surface area contributed by atoms with Gasteiger partial charge in [-0.3, -0.25) is 14.5 Å². The lowest BCUT2D eigenvalue weighted by Gasteiger charge is -2.10. The van der Waals surface area contributed by atoms with E-state index in [4.69, 9.17) is 5.84 Å². The summed E-state index contributed by atoms with van der Waals surface area (Å²) in [6, 6.07) is 0. The molecule has 0 aromatic rings. The predicted molar refractivity (Wildman–Crippen MR) is 49.3 cm³/mol. The first-order chi connectivity index (χ1) is 6.49. The molecule has 0 atom stereocenters. The highest BCUT2D eigenvalue weighted by Gasteiger charge is 2.34. The zero-order valence-electron chi connectivity index (χ0n) is 7.94. The zero-order chi connectivity index (χ0) is 10.9. The van der Waals surface area contributed by atoms with Crippen molar-refractivity contribution in [3.63, 3.8) is 0 Å². The van der Waals surface area contributed by atoms with E-state index in [0.29, 0.717) is 0 Å². The Morgan fingerprint density at radius 1 is 1.57 bits per heavy atom. The molecule has 1 aliphatic rings. The summed E-state index contributed by atoms with van der Waals surface area (Å²) < 4.78 is 0. The average molecular weight is 197 g/mol. The van der Waals surface area contributed by atoms with Crippen molar-refractivity contribution in [2.24, 2.45) is 10.9 Å². The van der Waals surface area contributed by atoms with Gasteiger partial charge in [-0.15, -0.1) is 0 Å². The molecule has 14 heavy (non-hydrogen) atoms. The minimum absolute atomic E-state index is 0.0164. The van der Waals surface area contributed by atoms with Crippen LogP contribution >= 0.6 is 0 Å². The smallest absolute Gasteiger partial charge is 0.266 e. The van der Waals surface area contributed by atoms with Gasteiger partial charge in [-0.2, -0.15) is 5.10 Å². The van der Waals surface area contributed by atoms with Crippen LogP contribution in [0.15, 0.2) is 16.4 Å². The molecule has 0 bridgehead atoms. The Morgan fingerprint density at radius 3 is 2.50 bits per heavy atom. The number of rotatable bonds is 1. The Morgan fingerprint density at radius 2 is 2.14 bits per heavy atom. The third-order valence-electron chi connectivity index (χ3n) is 1.99. The van der Waals surface area contributed by atoms with E-state index in [2.05, 4.69) is 5.10 Å². The fraction of sp³-hybridized carbons (Fsp3) is 0.375. The van der Waals surface area contributed by atoms with Gasteiger partial charge in [0.2, 0.25) is 5.91 Å². The number of hydrogen-bond donors (Lipinski definition) is 2. The molecule has 2 amide bonds. The van der Waals surface area contributed by atoms with E-state index in [9.17, 15) is 14.7 Å². The van der Waals surface area contributed by atoms with Gasteiger partial charge in [-0.05, 0) is 6.92 Å². The van der Waals surface area contributed by atoms with Gasteiger partial charge in [0.05, 0.1) is 12.3 Å². The molecule has 0 fully saturated rings. The number of carbonyl (C=O) groups excluding carboxylic acids is 2. The van der Waals surface area contributed by atoms with Gasteiger partial charge in [-0.1, -0.05) is 0 Å². The zero-order valence-corrected chi connectivity index (χ0v) is 7.94. The molecule has 76 valence electrons. The molecule has 0 aliphatic carbocycles. The maximum absolute atomic E-state index is 11.5. The van der Waals surface area contributed by atoms with Crippen LogP contribution in [0.3, 0.4) is 0 Å². The molecule has 3 N–H and O–H groups in total. The van der Waals surface area contributed by atoms with Crippen LogP contribution in [0.5, 0.6) is 0 Å². The third-order valence-corrected chi connectivity index (χ3v) is 1.99. The molecule has 0 unspecified atom stereocenters. The van der Waals surface area contributed by atoms with E-state index < -0.39 is 11.8 Å². The molecule has 1 aliphatic heterocycles. The summed E-state index contributed by atoms with van der Waals surface area (Å²) in [6.45, 7) is 2.65. The second kappa shape index (κ2) is 3.49. The van der Waals surface area contributed by atoms with E-state index in [1.807, 2.05) is 0 Å². The Kier molecular flexibility index (Phi) is 2.55. The molecule has 6 heteroatoms. The summed E-state index contributed by atoms with van der Waals surface area (Å²) in [5, 5.41) is 12.7. The van der Waals surface area contributed by atoms with Crippen molar-refractivity contribution in [2.45, 2.75) is 13.8 Å². The molecular formula is C8H11N3O3. The van der Waals surface area contributed by atoms with E-state index in [0.717, 1.165) is 4.90 Å². The van der Waals surface area contributed by atoms with E-state index in [1.165, 1.54) is 13.8 Å². The first-order valence-corrected chi connectivity index (χ1v) is 3.98. The molecule has 0 radical (unpaired) electrons. The number of aliphatic hydroxyl groups excluding tert-OH is 1. The predicted octanol–water partition coefficient (Wildman–Crippen LogP) is -0.478. The van der Waals surface area contributed by atoms with Crippen molar-refractivity contribution in [3.8, 4) is 0 Å². The van der Waals surface area contributed by atoms with Gasteiger partial charge in [0.1, 0.15) is 11.3 Å². The van der Waals surface area contributed by atoms with E-state index >= 15 is 0 Å². The van der Waals surface area contributed by atoms with Crippen LogP contribution in [0.25, 0.3) is 0 Å². The van der Waals surface area contributed by atoms with Gasteiger partial charge >= 0.3 is 0 Å². The number of nitrogens with two attached hydrogens (primary N) is 1. The van der Waals surface area contributed by atoms with Crippen molar-refractivity contribution in [1.29, 1.82) is 0 Å². The molecule has 0 aromatic carbocycles. The first-order valence-electron chi connectivity index (χ1n) is 3.98. The van der Waals surface area contributed by atoms with Gasteiger partial charge in [0.15, 0.2) is 0 Å². The monoisotopic (exact) mass is 197 g/mol. The van der Waals surface area contributed by atoms with Crippen molar-refractivity contribution in [3.05, 3.63) is 11.3 Å². The maximum atomic E-state index is 11.5. The molecule has 0 aromatic heterocycles. The summed E-state index contributed by atoms with van der Waals surface area (Å²) in [5.74, 6) is 3.85. The molecule has 0 saturated carbocycles. The van der Waals surface area contributed by atoms with Crippen molar-refractivity contribution >= 4 is 17.5 Å². The quantitative estimate of drug-likeness (QED) is 0.337. The van der Waals surface area contributed by atoms with Crippen LogP contribution in [0, 0.1) is 0 Å². The van der Waals surface area contributed by atoms with Crippen LogP contribution in [-0.2, 0) is 9.59 Å². The van der Waals surface area contributed by atoms with Crippen LogP contribution < -0.4 is 5.84 Å². The van der Waals surface area contributed by atoms with Gasteiger partial charge in [-0.25, -0.2) is 0 Å². The highest BCUT2D eigenvalue weighted by atomic mass is 16.3. The highest BCUT2D eigenvalue weighted by Crippen LogP contribution is 2.18. The number of carbonyl (C=O) groups is 2. The Hall–Kier alpha value is -1.85. The van der Waals surface area contributed by atoms with Gasteiger partial charge in [0.25, 0.3) is 5.91 Å². The van der Waals surface area contributed by atoms with Gasteiger partial charge in [0, 0.05) is 6.92 Å². The van der Waals surface area contributed by atoms with Crippen molar-refractivity contribution < 1.29 is 14.7 Å². The van der Waals surface area contributed by atoms with Crippen LogP contribution in [0.2, 0.25) is 0 Å². The topological polar surface area (TPSA) is 96.0 Å². The minimum Gasteiger partial charge on any atom is -0.509 e. The first kappa shape index (κ1) is 10.2. The number of hydrazone groups is 1. The largest absolute Gasteiger partial charge is 0.509 e. The normalized spacial score (nSPS) is 18.0. The fourth-order valence-corrected chi connectivity index (χ4v) is 1.24. The van der Waals surface area contributed by atoms with Crippen LogP contribution in [0.4, 0.5) is 0 Å². The van der Waals surface area contributed by atoms with Crippen LogP contribution in [0.1, 0.15) is 13.8 Å². The number of nitrogens with zero attached hydrogens (tertiary/aromatic N) is 2. The van der Waals surface area contributed by atoms with Crippen molar-refractivity contribution in [2.75, 3.05) is 6.54 Å². The Bertz CT molecular complexity index is 357. The molecule has 6 nitrogen and oxygen atoms in total.